The van der Waals surface area contributed by atoms with Gasteiger partial charge in [0.2, 0.25) is 5.91 Å². The van der Waals surface area contributed by atoms with Gasteiger partial charge >= 0.3 is 0 Å². The second-order valence-electron chi connectivity index (χ2n) is 5.80. The molecule has 0 aliphatic heterocycles. The minimum atomic E-state index is -0.331. The molecule has 0 aromatic carbocycles. The van der Waals surface area contributed by atoms with Gasteiger partial charge in [-0.15, -0.1) is 0 Å². The normalized spacial score (nSPS) is 15.1. The number of rotatable bonds is 3. The van der Waals surface area contributed by atoms with Crippen LogP contribution in [0.5, 0.6) is 0 Å². The van der Waals surface area contributed by atoms with Crippen molar-refractivity contribution >= 4 is 5.91 Å². The van der Waals surface area contributed by atoms with Crippen LogP contribution in [-0.2, 0) is 4.79 Å². The summed E-state index contributed by atoms with van der Waals surface area (Å²) in [6.07, 6.45) is 0.531. The van der Waals surface area contributed by atoms with E-state index >= 15 is 0 Å². The first-order chi connectivity index (χ1) is 6.04. The van der Waals surface area contributed by atoms with Crippen molar-refractivity contribution in [2.24, 2.45) is 11.1 Å². The molecule has 0 aliphatic carbocycles. The molecule has 0 heterocycles. The number of amides is 1. The molecule has 3 heteroatoms. The summed E-state index contributed by atoms with van der Waals surface area (Å²) >= 11 is 0. The van der Waals surface area contributed by atoms with Crippen molar-refractivity contribution in [3.63, 3.8) is 0 Å². The number of carbonyl (C=O) groups is 1. The molecular formula is C11H24N2O. The van der Waals surface area contributed by atoms with Crippen molar-refractivity contribution in [1.82, 2.24) is 5.32 Å². The lowest BCUT2D eigenvalue weighted by atomic mass is 9.90. The third-order valence-corrected chi connectivity index (χ3v) is 2.29. The monoisotopic (exact) mass is 200 g/mol. The van der Waals surface area contributed by atoms with Gasteiger partial charge in [0.25, 0.3) is 0 Å². The molecule has 0 aromatic rings. The maximum absolute atomic E-state index is 11.6. The molecule has 3 N–H and O–H groups in total. The van der Waals surface area contributed by atoms with E-state index in [0.717, 1.165) is 0 Å². The lowest BCUT2D eigenvalue weighted by Crippen LogP contribution is -2.54. The Balaban J connectivity index is 4.20. The van der Waals surface area contributed by atoms with Crippen LogP contribution in [0.4, 0.5) is 0 Å². The van der Waals surface area contributed by atoms with Gasteiger partial charge in [0.05, 0.1) is 0 Å². The SMILES string of the molecule is CC(N)C(C)(C)NC(=O)CC(C)(C)C. The van der Waals surface area contributed by atoms with Crippen molar-refractivity contribution in [3.05, 3.63) is 0 Å². The highest BCUT2D eigenvalue weighted by atomic mass is 16.1. The summed E-state index contributed by atoms with van der Waals surface area (Å²) in [6.45, 7) is 11.9. The molecule has 0 spiro atoms. The molecule has 0 fully saturated rings. The zero-order valence-electron chi connectivity index (χ0n) is 10.3. The largest absolute Gasteiger partial charge is 0.350 e. The van der Waals surface area contributed by atoms with E-state index in [1.807, 2.05) is 41.5 Å². The fourth-order valence-corrected chi connectivity index (χ4v) is 0.999. The van der Waals surface area contributed by atoms with Crippen LogP contribution in [0.25, 0.3) is 0 Å². The lowest BCUT2D eigenvalue weighted by molar-refractivity contribution is -0.124. The van der Waals surface area contributed by atoms with Crippen molar-refractivity contribution < 1.29 is 4.79 Å². The molecule has 0 bridgehead atoms. The molecule has 3 nitrogen and oxygen atoms in total. The Hall–Kier alpha value is -0.570. The highest BCUT2D eigenvalue weighted by Gasteiger charge is 2.26. The molecule has 0 rings (SSSR count). The quantitative estimate of drug-likeness (QED) is 0.728. The van der Waals surface area contributed by atoms with E-state index in [-0.39, 0.29) is 22.9 Å². The smallest absolute Gasteiger partial charge is 0.220 e. The van der Waals surface area contributed by atoms with Crippen LogP contribution in [0, 0.1) is 5.41 Å². The van der Waals surface area contributed by atoms with Crippen LogP contribution in [-0.4, -0.2) is 17.5 Å². The summed E-state index contributed by atoms with van der Waals surface area (Å²) in [6, 6.07) is -0.0496. The molecule has 14 heavy (non-hydrogen) atoms. The molecule has 0 saturated carbocycles. The molecule has 0 aromatic heterocycles. The van der Waals surface area contributed by atoms with Crippen molar-refractivity contribution in [1.29, 1.82) is 0 Å². The lowest BCUT2D eigenvalue weighted by Gasteiger charge is -2.31. The molecule has 0 saturated heterocycles. The Morgan fingerprint density at radius 3 is 2.00 bits per heavy atom. The van der Waals surface area contributed by atoms with Gasteiger partial charge in [-0.25, -0.2) is 0 Å². The van der Waals surface area contributed by atoms with Gasteiger partial charge < -0.3 is 11.1 Å². The average Bonchev–Trinajstić information content (AvgIpc) is 1.79. The molecule has 0 aliphatic rings. The molecular weight excluding hydrogens is 176 g/mol. The zero-order chi connectivity index (χ0) is 11.6. The van der Waals surface area contributed by atoms with Crippen molar-refractivity contribution in [2.75, 3.05) is 0 Å². The van der Waals surface area contributed by atoms with Crippen LogP contribution in [0.3, 0.4) is 0 Å². The Morgan fingerprint density at radius 1 is 1.29 bits per heavy atom. The van der Waals surface area contributed by atoms with E-state index in [9.17, 15) is 4.79 Å². The first-order valence-electron chi connectivity index (χ1n) is 5.11. The predicted octanol–water partition coefficient (Wildman–Crippen LogP) is 1.66. The van der Waals surface area contributed by atoms with Gasteiger partial charge in [-0.3, -0.25) is 4.79 Å². The second-order valence-corrected chi connectivity index (χ2v) is 5.80. The van der Waals surface area contributed by atoms with Crippen LogP contribution < -0.4 is 11.1 Å². The number of carbonyl (C=O) groups excluding carboxylic acids is 1. The third kappa shape index (κ3) is 5.22. The molecule has 84 valence electrons. The van der Waals surface area contributed by atoms with Crippen LogP contribution >= 0.6 is 0 Å². The first-order valence-corrected chi connectivity index (χ1v) is 5.11. The molecule has 0 radical (unpaired) electrons. The van der Waals surface area contributed by atoms with Crippen molar-refractivity contribution in [3.8, 4) is 0 Å². The van der Waals surface area contributed by atoms with Crippen LogP contribution in [0.1, 0.15) is 48.0 Å². The van der Waals surface area contributed by atoms with Gasteiger partial charge in [-0.05, 0) is 26.2 Å². The third-order valence-electron chi connectivity index (χ3n) is 2.29. The van der Waals surface area contributed by atoms with Gasteiger partial charge in [0.1, 0.15) is 0 Å². The minimum absolute atomic E-state index is 0.0258. The maximum Gasteiger partial charge on any atom is 0.220 e. The fraction of sp³-hybridized carbons (Fsp3) is 0.909. The van der Waals surface area contributed by atoms with Crippen molar-refractivity contribution in [2.45, 2.75) is 59.5 Å². The first kappa shape index (κ1) is 13.4. The van der Waals surface area contributed by atoms with E-state index in [1.165, 1.54) is 0 Å². The Labute approximate surface area is 87.4 Å². The molecule has 1 unspecified atom stereocenters. The Kier molecular flexibility index (Phi) is 4.13. The van der Waals surface area contributed by atoms with Gasteiger partial charge in [-0.1, -0.05) is 20.8 Å². The predicted molar refractivity (Wildman–Crippen MR) is 59.9 cm³/mol. The fourth-order valence-electron chi connectivity index (χ4n) is 0.999. The van der Waals surface area contributed by atoms with E-state index in [1.54, 1.807) is 0 Å². The standard InChI is InChI=1S/C11H24N2O/c1-8(12)11(5,6)13-9(14)7-10(2,3)4/h8H,7,12H2,1-6H3,(H,13,14). The second kappa shape index (κ2) is 4.30. The summed E-state index contributed by atoms with van der Waals surface area (Å²) in [4.78, 5) is 11.6. The number of hydrogen-bond donors (Lipinski definition) is 2. The summed E-state index contributed by atoms with van der Waals surface area (Å²) in [5, 5.41) is 2.95. The van der Waals surface area contributed by atoms with E-state index in [2.05, 4.69) is 5.32 Å². The van der Waals surface area contributed by atoms with Gasteiger partial charge in [0.15, 0.2) is 0 Å². The van der Waals surface area contributed by atoms with Gasteiger partial charge in [-0.2, -0.15) is 0 Å². The summed E-state index contributed by atoms with van der Waals surface area (Å²) < 4.78 is 0. The minimum Gasteiger partial charge on any atom is -0.350 e. The van der Waals surface area contributed by atoms with Crippen LogP contribution in [0.15, 0.2) is 0 Å². The highest BCUT2D eigenvalue weighted by Crippen LogP contribution is 2.19. The topological polar surface area (TPSA) is 55.1 Å². The van der Waals surface area contributed by atoms with Gasteiger partial charge in [0, 0.05) is 18.0 Å². The summed E-state index contributed by atoms with van der Waals surface area (Å²) in [5.74, 6) is 0.0693. The number of hydrogen-bond acceptors (Lipinski definition) is 2. The van der Waals surface area contributed by atoms with Crippen LogP contribution in [0.2, 0.25) is 0 Å². The Bertz CT molecular complexity index is 202. The number of nitrogens with one attached hydrogen (secondary N) is 1. The zero-order valence-corrected chi connectivity index (χ0v) is 10.3. The summed E-state index contributed by atoms with van der Waals surface area (Å²) in [5.41, 5.74) is 5.46. The highest BCUT2D eigenvalue weighted by molar-refractivity contribution is 5.77. The maximum atomic E-state index is 11.6. The summed E-state index contributed by atoms with van der Waals surface area (Å²) in [7, 11) is 0. The average molecular weight is 200 g/mol. The Morgan fingerprint density at radius 2 is 1.71 bits per heavy atom. The van der Waals surface area contributed by atoms with E-state index in [0.29, 0.717) is 6.42 Å². The number of nitrogens with two attached hydrogens (primary N) is 1. The molecule has 1 atom stereocenters. The molecule has 1 amide bonds. The van der Waals surface area contributed by atoms with E-state index < -0.39 is 0 Å². The van der Waals surface area contributed by atoms with E-state index in [4.69, 9.17) is 5.73 Å².